The Labute approximate surface area is 139 Å². The van der Waals surface area contributed by atoms with Crippen LogP contribution in [0.1, 0.15) is 17.4 Å². The second-order valence-electron chi connectivity index (χ2n) is 4.94. The van der Waals surface area contributed by atoms with Gasteiger partial charge in [0.1, 0.15) is 28.6 Å². The van der Waals surface area contributed by atoms with Crippen molar-refractivity contribution in [2.45, 2.75) is 6.04 Å². The van der Waals surface area contributed by atoms with Crippen molar-refractivity contribution < 1.29 is 4.74 Å². The third kappa shape index (κ3) is 3.27. The first kappa shape index (κ1) is 15.3. The Morgan fingerprint density at radius 2 is 2.09 bits per heavy atom. The summed E-state index contributed by atoms with van der Waals surface area (Å²) in [5.74, 6) is 2.16. The fourth-order valence-electron chi connectivity index (χ4n) is 2.40. The van der Waals surface area contributed by atoms with Crippen molar-refractivity contribution in [3.05, 3.63) is 65.6 Å². The topological polar surface area (TPSA) is 64.9 Å². The fourth-order valence-corrected chi connectivity index (χ4v) is 2.55. The summed E-state index contributed by atoms with van der Waals surface area (Å²) >= 11 is 5.93. The molecule has 0 fully saturated rings. The number of methoxy groups -OCH3 is 1. The molecule has 7 heteroatoms. The van der Waals surface area contributed by atoms with Crippen LogP contribution in [0.5, 0.6) is 5.75 Å². The first-order valence-corrected chi connectivity index (χ1v) is 7.41. The van der Waals surface area contributed by atoms with Gasteiger partial charge in [-0.1, -0.05) is 29.8 Å². The molecule has 3 rings (SSSR count). The minimum absolute atomic E-state index is 0.251. The van der Waals surface area contributed by atoms with E-state index in [9.17, 15) is 0 Å². The highest BCUT2D eigenvalue weighted by atomic mass is 35.5. The lowest BCUT2D eigenvalue weighted by Gasteiger charge is -2.21. The highest BCUT2D eigenvalue weighted by Gasteiger charge is 2.22. The first-order valence-electron chi connectivity index (χ1n) is 7.03. The van der Waals surface area contributed by atoms with E-state index in [1.807, 2.05) is 42.1 Å². The van der Waals surface area contributed by atoms with E-state index < -0.39 is 0 Å². The van der Waals surface area contributed by atoms with E-state index in [0.717, 1.165) is 17.1 Å². The summed E-state index contributed by atoms with van der Waals surface area (Å²) in [4.78, 5) is 12.8. The summed E-state index contributed by atoms with van der Waals surface area (Å²) in [6, 6.07) is 7.54. The standard InChI is InChI=1S/C16H16ClN5O/c1-22-8-7-19-16(22)15(11-5-3-4-6-12(11)23-2)21-14-10-18-9-13(17)20-14/h3-10,15H,1-2H3,(H,20,21). The smallest absolute Gasteiger partial charge is 0.149 e. The Bertz CT molecular complexity index is 804. The monoisotopic (exact) mass is 329 g/mol. The predicted molar refractivity (Wildman–Crippen MR) is 88.7 cm³/mol. The molecule has 6 nitrogen and oxygen atoms in total. The van der Waals surface area contributed by atoms with Crippen LogP contribution in [0, 0.1) is 0 Å². The Kier molecular flexibility index (Phi) is 4.43. The zero-order chi connectivity index (χ0) is 16.2. The molecule has 1 aromatic carbocycles. The second-order valence-corrected chi connectivity index (χ2v) is 5.33. The minimum atomic E-state index is -0.251. The third-order valence-corrected chi connectivity index (χ3v) is 3.65. The quantitative estimate of drug-likeness (QED) is 0.779. The third-order valence-electron chi connectivity index (χ3n) is 3.46. The van der Waals surface area contributed by atoms with Gasteiger partial charge in [-0.15, -0.1) is 0 Å². The van der Waals surface area contributed by atoms with Gasteiger partial charge in [0.15, 0.2) is 0 Å². The predicted octanol–water partition coefficient (Wildman–Crippen LogP) is 3.07. The Hall–Kier alpha value is -2.60. The summed E-state index contributed by atoms with van der Waals surface area (Å²) in [7, 11) is 3.59. The van der Waals surface area contributed by atoms with Crippen LogP contribution in [0.3, 0.4) is 0 Å². The van der Waals surface area contributed by atoms with Gasteiger partial charge < -0.3 is 14.6 Å². The number of halogens is 1. The molecular formula is C16H16ClN5O. The molecule has 0 aliphatic rings. The zero-order valence-electron chi connectivity index (χ0n) is 12.8. The highest BCUT2D eigenvalue weighted by Crippen LogP contribution is 2.31. The molecule has 1 atom stereocenters. The number of hydrogen-bond donors (Lipinski definition) is 1. The van der Waals surface area contributed by atoms with Crippen molar-refractivity contribution in [3.8, 4) is 5.75 Å². The van der Waals surface area contributed by atoms with Gasteiger partial charge in [0.05, 0.1) is 19.5 Å². The minimum Gasteiger partial charge on any atom is -0.496 e. The highest BCUT2D eigenvalue weighted by molar-refractivity contribution is 6.29. The van der Waals surface area contributed by atoms with E-state index >= 15 is 0 Å². The maximum absolute atomic E-state index is 5.93. The van der Waals surface area contributed by atoms with Crippen LogP contribution in [0.25, 0.3) is 0 Å². The molecule has 0 aliphatic carbocycles. The second kappa shape index (κ2) is 6.66. The van der Waals surface area contributed by atoms with E-state index in [2.05, 4.69) is 20.3 Å². The number of benzene rings is 1. The first-order chi connectivity index (χ1) is 11.2. The molecule has 1 N–H and O–H groups in total. The van der Waals surface area contributed by atoms with Gasteiger partial charge in [0.2, 0.25) is 0 Å². The van der Waals surface area contributed by atoms with Crippen molar-refractivity contribution >= 4 is 17.4 Å². The summed E-state index contributed by atoms with van der Waals surface area (Å²) in [6.45, 7) is 0. The number of ether oxygens (including phenoxy) is 1. The lowest BCUT2D eigenvalue weighted by molar-refractivity contribution is 0.408. The van der Waals surface area contributed by atoms with Crippen molar-refractivity contribution in [1.29, 1.82) is 0 Å². The summed E-state index contributed by atoms with van der Waals surface area (Å²) in [5, 5.41) is 3.66. The van der Waals surface area contributed by atoms with Gasteiger partial charge in [-0.05, 0) is 6.07 Å². The average Bonchev–Trinajstić information content (AvgIpc) is 2.98. The summed E-state index contributed by atoms with van der Waals surface area (Å²) in [6.07, 6.45) is 6.76. The van der Waals surface area contributed by atoms with Crippen LogP contribution in [-0.4, -0.2) is 26.6 Å². The summed E-state index contributed by atoms with van der Waals surface area (Å²) < 4.78 is 7.43. The number of aromatic nitrogens is 4. The molecule has 3 aromatic rings. The van der Waals surface area contributed by atoms with Gasteiger partial charge >= 0.3 is 0 Å². The van der Waals surface area contributed by atoms with Crippen molar-refractivity contribution in [3.63, 3.8) is 0 Å². The van der Waals surface area contributed by atoms with Crippen LogP contribution in [0.15, 0.2) is 49.1 Å². The largest absolute Gasteiger partial charge is 0.496 e. The Balaban J connectivity index is 2.06. The fraction of sp³-hybridized carbons (Fsp3) is 0.188. The number of imidazole rings is 1. The molecule has 0 radical (unpaired) electrons. The van der Waals surface area contributed by atoms with E-state index in [0.29, 0.717) is 11.0 Å². The summed E-state index contributed by atoms with van der Waals surface area (Å²) in [5.41, 5.74) is 0.950. The zero-order valence-corrected chi connectivity index (χ0v) is 13.5. The molecule has 2 heterocycles. The normalized spacial score (nSPS) is 12.0. The number of nitrogens with one attached hydrogen (secondary N) is 1. The molecule has 0 amide bonds. The maximum Gasteiger partial charge on any atom is 0.149 e. The average molecular weight is 330 g/mol. The molecule has 0 bridgehead atoms. The molecule has 2 aromatic heterocycles. The van der Waals surface area contributed by atoms with E-state index in [-0.39, 0.29) is 6.04 Å². The van der Waals surface area contributed by atoms with Crippen molar-refractivity contribution in [2.75, 3.05) is 12.4 Å². The van der Waals surface area contributed by atoms with Crippen molar-refractivity contribution in [2.24, 2.45) is 7.05 Å². The molecule has 0 saturated carbocycles. The number of nitrogens with zero attached hydrogens (tertiary/aromatic N) is 4. The molecule has 0 saturated heterocycles. The lowest BCUT2D eigenvalue weighted by Crippen LogP contribution is -2.18. The van der Waals surface area contributed by atoms with Crippen LogP contribution in [0.2, 0.25) is 5.15 Å². The van der Waals surface area contributed by atoms with Crippen LogP contribution in [0.4, 0.5) is 5.82 Å². The van der Waals surface area contributed by atoms with E-state index in [4.69, 9.17) is 16.3 Å². The van der Waals surface area contributed by atoms with Gasteiger partial charge in [0.25, 0.3) is 0 Å². The number of aryl methyl sites for hydroxylation is 1. The van der Waals surface area contributed by atoms with Crippen LogP contribution < -0.4 is 10.1 Å². The Morgan fingerprint density at radius 3 is 2.78 bits per heavy atom. The van der Waals surface area contributed by atoms with E-state index in [1.54, 1.807) is 19.5 Å². The van der Waals surface area contributed by atoms with Gasteiger partial charge in [0, 0.05) is 25.0 Å². The Morgan fingerprint density at radius 1 is 1.26 bits per heavy atom. The molecule has 1 unspecified atom stereocenters. The number of hydrogen-bond acceptors (Lipinski definition) is 5. The molecule has 23 heavy (non-hydrogen) atoms. The molecular weight excluding hydrogens is 314 g/mol. The number of para-hydroxylation sites is 1. The molecule has 0 spiro atoms. The van der Waals surface area contributed by atoms with E-state index in [1.165, 1.54) is 6.20 Å². The maximum atomic E-state index is 5.93. The lowest BCUT2D eigenvalue weighted by atomic mass is 10.0. The van der Waals surface area contributed by atoms with Crippen LogP contribution in [-0.2, 0) is 7.05 Å². The SMILES string of the molecule is COc1ccccc1C(Nc1cncc(Cl)n1)c1nccn1C. The number of anilines is 1. The van der Waals surface area contributed by atoms with Crippen molar-refractivity contribution in [1.82, 2.24) is 19.5 Å². The number of rotatable bonds is 5. The van der Waals surface area contributed by atoms with Crippen LogP contribution >= 0.6 is 11.6 Å². The van der Waals surface area contributed by atoms with Gasteiger partial charge in [-0.3, -0.25) is 4.98 Å². The van der Waals surface area contributed by atoms with Gasteiger partial charge in [-0.2, -0.15) is 0 Å². The molecule has 118 valence electrons. The van der Waals surface area contributed by atoms with Gasteiger partial charge in [-0.25, -0.2) is 9.97 Å². The molecule has 0 aliphatic heterocycles.